The molecule has 1 aromatic heterocycles. The number of aryl methyl sites for hydroxylation is 1. The van der Waals surface area contributed by atoms with E-state index in [-0.39, 0.29) is 12.1 Å². The zero-order valence-electron chi connectivity index (χ0n) is 10.0. The number of hydrogen-bond acceptors (Lipinski definition) is 4. The Balaban J connectivity index is 2.00. The van der Waals surface area contributed by atoms with Crippen LogP contribution in [0.1, 0.15) is 12.0 Å². The third kappa shape index (κ3) is 3.52. The van der Waals surface area contributed by atoms with E-state index in [9.17, 15) is 8.42 Å². The van der Waals surface area contributed by atoms with E-state index in [2.05, 4.69) is 15.1 Å². The fourth-order valence-corrected chi connectivity index (χ4v) is 3.06. The summed E-state index contributed by atoms with van der Waals surface area (Å²) < 4.78 is 26.9. The van der Waals surface area contributed by atoms with E-state index in [4.69, 9.17) is 0 Å². The molecule has 6 nitrogen and oxygen atoms in total. The second-order valence-electron chi connectivity index (χ2n) is 4.57. The second kappa shape index (κ2) is 4.75. The molecule has 0 bridgehead atoms. The van der Waals surface area contributed by atoms with Crippen molar-refractivity contribution in [3.05, 3.63) is 18.0 Å². The summed E-state index contributed by atoms with van der Waals surface area (Å²) >= 11 is 0. The molecule has 0 saturated carbocycles. The van der Waals surface area contributed by atoms with Gasteiger partial charge in [-0.2, -0.15) is 5.10 Å². The molecule has 0 radical (unpaired) electrons. The van der Waals surface area contributed by atoms with Crippen LogP contribution in [0.5, 0.6) is 0 Å². The van der Waals surface area contributed by atoms with Crippen LogP contribution in [-0.4, -0.2) is 43.1 Å². The molecule has 2 atom stereocenters. The molecule has 0 amide bonds. The van der Waals surface area contributed by atoms with E-state index in [0.717, 1.165) is 24.9 Å². The van der Waals surface area contributed by atoms with E-state index in [1.54, 1.807) is 4.68 Å². The molecule has 0 aromatic carbocycles. The molecule has 7 heteroatoms. The van der Waals surface area contributed by atoms with Crippen LogP contribution >= 0.6 is 0 Å². The van der Waals surface area contributed by atoms with E-state index in [1.165, 1.54) is 6.26 Å². The summed E-state index contributed by atoms with van der Waals surface area (Å²) in [4.78, 5) is 0. The lowest BCUT2D eigenvalue weighted by molar-refractivity contribution is 0.494. The van der Waals surface area contributed by atoms with Crippen LogP contribution in [0.15, 0.2) is 12.4 Å². The van der Waals surface area contributed by atoms with Crippen molar-refractivity contribution < 1.29 is 8.42 Å². The highest BCUT2D eigenvalue weighted by molar-refractivity contribution is 7.88. The molecule has 0 aliphatic carbocycles. The Labute approximate surface area is 101 Å². The van der Waals surface area contributed by atoms with Gasteiger partial charge in [-0.15, -0.1) is 0 Å². The van der Waals surface area contributed by atoms with Crippen LogP contribution in [0.4, 0.5) is 0 Å². The van der Waals surface area contributed by atoms with Gasteiger partial charge in [0.15, 0.2) is 0 Å². The third-order valence-electron chi connectivity index (χ3n) is 2.93. The highest BCUT2D eigenvalue weighted by Crippen LogP contribution is 2.13. The van der Waals surface area contributed by atoms with Crippen molar-refractivity contribution in [3.8, 4) is 0 Å². The topological polar surface area (TPSA) is 76.0 Å². The summed E-state index contributed by atoms with van der Waals surface area (Å²) in [5, 5.41) is 7.43. The SMILES string of the molecule is Cn1cc(C[C@@H]2NCC[C@H]2NS(C)(=O)=O)cn1. The smallest absolute Gasteiger partial charge is 0.209 e. The minimum atomic E-state index is -3.14. The van der Waals surface area contributed by atoms with Crippen LogP contribution in [0.25, 0.3) is 0 Å². The molecule has 2 heterocycles. The van der Waals surface area contributed by atoms with Gasteiger partial charge in [0.05, 0.1) is 12.5 Å². The summed E-state index contributed by atoms with van der Waals surface area (Å²) in [6.07, 6.45) is 6.60. The lowest BCUT2D eigenvalue weighted by atomic mass is 10.0. The van der Waals surface area contributed by atoms with E-state index in [1.807, 2.05) is 19.4 Å². The van der Waals surface area contributed by atoms with Crippen LogP contribution in [-0.2, 0) is 23.5 Å². The first kappa shape index (κ1) is 12.5. The maximum atomic E-state index is 11.2. The predicted molar refractivity (Wildman–Crippen MR) is 65.1 cm³/mol. The number of nitrogens with one attached hydrogen (secondary N) is 2. The normalized spacial score (nSPS) is 25.3. The van der Waals surface area contributed by atoms with Gasteiger partial charge in [-0.05, 0) is 24.9 Å². The summed E-state index contributed by atoms with van der Waals surface area (Å²) in [6, 6.07) is 0.124. The Morgan fingerprint density at radius 3 is 3.00 bits per heavy atom. The number of hydrogen-bond donors (Lipinski definition) is 2. The highest BCUT2D eigenvalue weighted by Gasteiger charge is 2.29. The van der Waals surface area contributed by atoms with Crippen molar-refractivity contribution in [2.24, 2.45) is 7.05 Å². The van der Waals surface area contributed by atoms with E-state index in [0.29, 0.717) is 0 Å². The molecular weight excluding hydrogens is 240 g/mol. The molecular formula is C10H18N4O2S. The molecule has 1 aromatic rings. The largest absolute Gasteiger partial charge is 0.312 e. The van der Waals surface area contributed by atoms with Crippen molar-refractivity contribution >= 4 is 10.0 Å². The molecule has 0 spiro atoms. The van der Waals surface area contributed by atoms with Gasteiger partial charge in [0.1, 0.15) is 0 Å². The van der Waals surface area contributed by atoms with Crippen molar-refractivity contribution in [1.82, 2.24) is 19.8 Å². The number of nitrogens with zero attached hydrogens (tertiary/aromatic N) is 2. The Morgan fingerprint density at radius 2 is 2.41 bits per heavy atom. The zero-order chi connectivity index (χ0) is 12.5. The van der Waals surface area contributed by atoms with Gasteiger partial charge in [-0.25, -0.2) is 13.1 Å². The second-order valence-corrected chi connectivity index (χ2v) is 6.35. The summed E-state index contributed by atoms with van der Waals surface area (Å²) in [5.41, 5.74) is 1.12. The molecule has 2 N–H and O–H groups in total. The van der Waals surface area contributed by atoms with Crippen molar-refractivity contribution in [1.29, 1.82) is 0 Å². The van der Waals surface area contributed by atoms with Crippen LogP contribution in [0, 0.1) is 0 Å². The number of sulfonamides is 1. The van der Waals surface area contributed by atoms with Crippen molar-refractivity contribution in [2.45, 2.75) is 24.9 Å². The van der Waals surface area contributed by atoms with Gasteiger partial charge < -0.3 is 5.32 Å². The maximum absolute atomic E-state index is 11.2. The molecule has 1 aliphatic heterocycles. The standard InChI is InChI=1S/C10H18N4O2S/c1-14-7-8(6-12-14)5-10-9(3-4-11-10)13-17(2,15)16/h6-7,9-11,13H,3-5H2,1-2H3/t9-,10+/m1/s1. The molecule has 1 aliphatic rings. The highest BCUT2D eigenvalue weighted by atomic mass is 32.2. The fraction of sp³-hybridized carbons (Fsp3) is 0.700. The van der Waals surface area contributed by atoms with E-state index >= 15 is 0 Å². The zero-order valence-corrected chi connectivity index (χ0v) is 10.9. The van der Waals surface area contributed by atoms with Gasteiger partial charge in [0.25, 0.3) is 0 Å². The summed E-state index contributed by atoms with van der Waals surface area (Å²) in [5.74, 6) is 0. The van der Waals surface area contributed by atoms with Crippen LogP contribution in [0.3, 0.4) is 0 Å². The van der Waals surface area contributed by atoms with Crippen molar-refractivity contribution in [3.63, 3.8) is 0 Å². The lowest BCUT2D eigenvalue weighted by Gasteiger charge is -2.19. The van der Waals surface area contributed by atoms with E-state index < -0.39 is 10.0 Å². The fourth-order valence-electron chi connectivity index (χ4n) is 2.23. The molecule has 17 heavy (non-hydrogen) atoms. The van der Waals surface area contributed by atoms with Gasteiger partial charge in [-0.3, -0.25) is 4.68 Å². The Hall–Kier alpha value is -0.920. The van der Waals surface area contributed by atoms with Gasteiger partial charge in [0, 0.05) is 25.3 Å². The summed E-state index contributed by atoms with van der Waals surface area (Å²) in [6.45, 7) is 0.845. The monoisotopic (exact) mass is 258 g/mol. The quantitative estimate of drug-likeness (QED) is 0.744. The van der Waals surface area contributed by atoms with Crippen molar-refractivity contribution in [2.75, 3.05) is 12.8 Å². The Bertz CT molecular complexity index is 482. The predicted octanol–water partition coefficient (Wildman–Crippen LogP) is -0.758. The minimum absolute atomic E-state index is 0.0230. The summed E-state index contributed by atoms with van der Waals surface area (Å²) in [7, 11) is -1.27. The minimum Gasteiger partial charge on any atom is -0.312 e. The van der Waals surface area contributed by atoms with Gasteiger partial charge in [-0.1, -0.05) is 0 Å². The number of rotatable bonds is 4. The maximum Gasteiger partial charge on any atom is 0.209 e. The Kier molecular flexibility index (Phi) is 3.50. The first-order valence-electron chi connectivity index (χ1n) is 5.62. The van der Waals surface area contributed by atoms with Crippen LogP contribution < -0.4 is 10.0 Å². The first-order chi connectivity index (χ1) is 7.94. The van der Waals surface area contributed by atoms with Crippen LogP contribution in [0.2, 0.25) is 0 Å². The molecule has 2 rings (SSSR count). The number of aromatic nitrogens is 2. The van der Waals surface area contributed by atoms with Gasteiger partial charge in [0.2, 0.25) is 10.0 Å². The molecule has 0 unspecified atom stereocenters. The lowest BCUT2D eigenvalue weighted by Crippen LogP contribution is -2.44. The third-order valence-corrected chi connectivity index (χ3v) is 3.66. The first-order valence-corrected chi connectivity index (χ1v) is 7.51. The Morgan fingerprint density at radius 1 is 1.65 bits per heavy atom. The molecule has 96 valence electrons. The average Bonchev–Trinajstić information content (AvgIpc) is 2.75. The average molecular weight is 258 g/mol. The molecule has 1 saturated heterocycles. The van der Waals surface area contributed by atoms with Gasteiger partial charge >= 0.3 is 0 Å². The molecule has 1 fully saturated rings.